The highest BCUT2D eigenvalue weighted by atomic mass is 19.4. The minimum Gasteiger partial charge on any atom is -0.475 e. The molecule has 1 aliphatic heterocycles. The van der Waals surface area contributed by atoms with Crippen LogP contribution in [0.1, 0.15) is 50.3 Å². The van der Waals surface area contributed by atoms with Gasteiger partial charge in [-0.05, 0) is 39.3 Å². The molecule has 2 unspecified atom stereocenters. The molecule has 30 heavy (non-hydrogen) atoms. The summed E-state index contributed by atoms with van der Waals surface area (Å²) in [6.45, 7) is 6.85. The van der Waals surface area contributed by atoms with Gasteiger partial charge in [0.2, 0.25) is 5.88 Å². The van der Waals surface area contributed by atoms with Gasteiger partial charge in [0.15, 0.2) is 5.82 Å². The third-order valence-corrected chi connectivity index (χ3v) is 4.69. The average molecular weight is 421 g/mol. The molecule has 0 spiro atoms. The van der Waals surface area contributed by atoms with E-state index >= 15 is 0 Å². The van der Waals surface area contributed by atoms with Crippen LogP contribution in [-0.4, -0.2) is 34.4 Å². The first-order valence-electron chi connectivity index (χ1n) is 9.54. The zero-order chi connectivity index (χ0) is 22.1. The number of esters is 1. The molecule has 0 N–H and O–H groups in total. The summed E-state index contributed by atoms with van der Waals surface area (Å²) < 4.78 is 52.5. The van der Waals surface area contributed by atoms with Crippen molar-refractivity contribution in [2.24, 2.45) is 10.9 Å². The standard InChI is InChI=1S/C21H22F3N3O3/c1-5-29-20(28)15-12(4)27-18-17(19(26-10-25-18)30-11(2)3)16(15)13-8-6-7-9-14(13)21(22,23)24/h6-11,15-16H,5H2,1-4H3. The number of hydrogen-bond acceptors (Lipinski definition) is 6. The molecule has 6 nitrogen and oxygen atoms in total. The highest BCUT2D eigenvalue weighted by Crippen LogP contribution is 2.48. The Morgan fingerprint density at radius 3 is 2.53 bits per heavy atom. The molecule has 1 aromatic heterocycles. The summed E-state index contributed by atoms with van der Waals surface area (Å²) in [4.78, 5) is 25.5. The normalized spacial score (nSPS) is 18.6. The second kappa shape index (κ2) is 8.41. The number of benzene rings is 1. The van der Waals surface area contributed by atoms with Crippen molar-refractivity contribution in [2.45, 2.75) is 45.9 Å². The number of ether oxygens (including phenoxy) is 2. The second-order valence-electron chi connectivity index (χ2n) is 7.13. The van der Waals surface area contributed by atoms with Gasteiger partial charge in [-0.15, -0.1) is 0 Å². The Morgan fingerprint density at radius 2 is 1.90 bits per heavy atom. The molecule has 0 saturated heterocycles. The predicted octanol–water partition coefficient (Wildman–Crippen LogP) is 4.70. The lowest BCUT2D eigenvalue weighted by Crippen LogP contribution is -2.35. The predicted molar refractivity (Wildman–Crippen MR) is 104 cm³/mol. The summed E-state index contributed by atoms with van der Waals surface area (Å²) in [5.41, 5.74) is -0.366. The fourth-order valence-corrected chi connectivity index (χ4v) is 3.59. The Hall–Kier alpha value is -2.97. The van der Waals surface area contributed by atoms with E-state index in [0.29, 0.717) is 5.71 Å². The van der Waals surface area contributed by atoms with Gasteiger partial charge < -0.3 is 9.47 Å². The van der Waals surface area contributed by atoms with Crippen LogP contribution in [0.4, 0.5) is 19.0 Å². The van der Waals surface area contributed by atoms with Crippen LogP contribution in [0.3, 0.4) is 0 Å². The van der Waals surface area contributed by atoms with Crippen LogP contribution >= 0.6 is 0 Å². The van der Waals surface area contributed by atoms with Gasteiger partial charge in [-0.2, -0.15) is 13.2 Å². The van der Waals surface area contributed by atoms with Gasteiger partial charge in [0.1, 0.15) is 12.2 Å². The van der Waals surface area contributed by atoms with Crippen molar-refractivity contribution in [3.63, 3.8) is 0 Å². The van der Waals surface area contributed by atoms with Crippen molar-refractivity contribution in [1.82, 2.24) is 9.97 Å². The summed E-state index contributed by atoms with van der Waals surface area (Å²) in [6.07, 6.45) is -3.67. The van der Waals surface area contributed by atoms with Crippen LogP contribution in [-0.2, 0) is 15.7 Å². The largest absolute Gasteiger partial charge is 0.475 e. The van der Waals surface area contributed by atoms with E-state index in [4.69, 9.17) is 9.47 Å². The smallest absolute Gasteiger partial charge is 0.416 e. The number of rotatable bonds is 5. The van der Waals surface area contributed by atoms with E-state index in [2.05, 4.69) is 15.0 Å². The van der Waals surface area contributed by atoms with Gasteiger partial charge in [0.25, 0.3) is 0 Å². The quantitative estimate of drug-likeness (QED) is 0.655. The Balaban J connectivity index is 2.32. The first kappa shape index (κ1) is 21.7. The third kappa shape index (κ3) is 4.15. The van der Waals surface area contributed by atoms with Crippen molar-refractivity contribution in [1.29, 1.82) is 0 Å². The van der Waals surface area contributed by atoms with Gasteiger partial charge in [-0.3, -0.25) is 4.79 Å². The van der Waals surface area contributed by atoms with Crippen molar-refractivity contribution >= 4 is 17.5 Å². The number of aliphatic imine (C=N–C) groups is 1. The number of aromatic nitrogens is 2. The molecule has 2 atom stereocenters. The van der Waals surface area contributed by atoms with E-state index in [0.717, 1.165) is 6.07 Å². The van der Waals surface area contributed by atoms with Crippen LogP contribution in [0.5, 0.6) is 5.88 Å². The SMILES string of the molecule is CCOC(=O)C1C(C)=Nc2ncnc(OC(C)C)c2C1c1ccccc1C(F)(F)F. The number of carbonyl (C=O) groups is 1. The molecule has 2 heterocycles. The fraction of sp³-hybridized carbons (Fsp3) is 0.429. The minimum absolute atomic E-state index is 0.0815. The van der Waals surface area contributed by atoms with Crippen molar-refractivity contribution in [3.8, 4) is 5.88 Å². The maximum absolute atomic E-state index is 13.9. The molecule has 0 amide bonds. The first-order valence-corrected chi connectivity index (χ1v) is 9.54. The summed E-state index contributed by atoms with van der Waals surface area (Å²) in [6, 6.07) is 5.16. The van der Waals surface area contributed by atoms with Gasteiger partial charge in [-0.1, -0.05) is 18.2 Å². The van der Waals surface area contributed by atoms with Crippen molar-refractivity contribution in [3.05, 3.63) is 47.3 Å². The monoisotopic (exact) mass is 421 g/mol. The van der Waals surface area contributed by atoms with Gasteiger partial charge in [-0.25, -0.2) is 15.0 Å². The molecule has 0 radical (unpaired) electrons. The average Bonchev–Trinajstić information content (AvgIpc) is 2.66. The van der Waals surface area contributed by atoms with Gasteiger partial charge in [0.05, 0.1) is 23.8 Å². The molecule has 1 aromatic carbocycles. The molecule has 160 valence electrons. The maximum atomic E-state index is 13.9. The van der Waals surface area contributed by atoms with Crippen molar-refractivity contribution < 1.29 is 27.4 Å². The van der Waals surface area contributed by atoms with Crippen LogP contribution in [0.2, 0.25) is 0 Å². The second-order valence-corrected chi connectivity index (χ2v) is 7.13. The van der Waals surface area contributed by atoms with Crippen LogP contribution in [0, 0.1) is 5.92 Å². The molecular formula is C21H22F3N3O3. The minimum atomic E-state index is -4.62. The zero-order valence-corrected chi connectivity index (χ0v) is 17.0. The summed E-state index contributed by atoms with van der Waals surface area (Å²) in [5, 5.41) is 0. The lowest BCUT2D eigenvalue weighted by atomic mass is 9.75. The molecular weight excluding hydrogens is 399 g/mol. The number of halogens is 3. The number of nitrogens with zero attached hydrogens (tertiary/aromatic N) is 3. The fourth-order valence-electron chi connectivity index (χ4n) is 3.59. The topological polar surface area (TPSA) is 73.7 Å². The molecule has 0 aliphatic carbocycles. The van der Waals surface area contributed by atoms with Crippen LogP contribution < -0.4 is 4.74 Å². The number of hydrogen-bond donors (Lipinski definition) is 0. The van der Waals surface area contributed by atoms with E-state index < -0.39 is 29.5 Å². The Kier molecular flexibility index (Phi) is 6.09. The Bertz CT molecular complexity index is 973. The number of alkyl halides is 3. The number of fused-ring (bicyclic) bond motifs is 1. The molecule has 9 heteroatoms. The molecule has 1 aliphatic rings. The molecule has 3 rings (SSSR count). The first-order chi connectivity index (χ1) is 14.1. The Morgan fingerprint density at radius 1 is 1.20 bits per heavy atom. The van der Waals surface area contributed by atoms with Gasteiger partial charge >= 0.3 is 12.1 Å². The van der Waals surface area contributed by atoms with E-state index in [1.54, 1.807) is 27.7 Å². The lowest BCUT2D eigenvalue weighted by Gasteiger charge is -2.32. The summed E-state index contributed by atoms with van der Waals surface area (Å²) in [5.74, 6) is -2.51. The molecule has 0 bridgehead atoms. The Labute approximate surface area is 172 Å². The highest BCUT2D eigenvalue weighted by Gasteiger charge is 2.45. The van der Waals surface area contributed by atoms with E-state index in [-0.39, 0.29) is 35.5 Å². The third-order valence-electron chi connectivity index (χ3n) is 4.69. The summed E-state index contributed by atoms with van der Waals surface area (Å²) in [7, 11) is 0. The van der Waals surface area contributed by atoms with E-state index in [1.807, 2.05) is 0 Å². The number of carbonyl (C=O) groups excluding carboxylic acids is 1. The lowest BCUT2D eigenvalue weighted by molar-refractivity contribution is -0.147. The van der Waals surface area contributed by atoms with Crippen molar-refractivity contribution in [2.75, 3.05) is 6.61 Å². The summed E-state index contributed by atoms with van der Waals surface area (Å²) >= 11 is 0. The molecule has 2 aromatic rings. The maximum Gasteiger partial charge on any atom is 0.416 e. The molecule has 0 fully saturated rings. The zero-order valence-electron chi connectivity index (χ0n) is 17.0. The van der Waals surface area contributed by atoms with Crippen LogP contribution in [0.25, 0.3) is 0 Å². The highest BCUT2D eigenvalue weighted by molar-refractivity contribution is 6.05. The van der Waals surface area contributed by atoms with E-state index in [1.165, 1.54) is 24.5 Å². The van der Waals surface area contributed by atoms with Gasteiger partial charge in [0, 0.05) is 11.6 Å². The van der Waals surface area contributed by atoms with Crippen LogP contribution in [0.15, 0.2) is 35.6 Å². The molecule has 0 saturated carbocycles. The van der Waals surface area contributed by atoms with E-state index in [9.17, 15) is 18.0 Å².